The molecule has 0 radical (unpaired) electrons. The van der Waals surface area contributed by atoms with E-state index in [1.165, 1.54) is 12.1 Å². The molecule has 0 aliphatic rings. The average Bonchev–Trinajstić information content (AvgIpc) is 2.49. The Labute approximate surface area is 142 Å². The van der Waals surface area contributed by atoms with Gasteiger partial charge in [-0.1, -0.05) is 11.6 Å². The molecule has 0 saturated carbocycles. The number of anilines is 1. The van der Waals surface area contributed by atoms with Gasteiger partial charge in [0.15, 0.2) is 0 Å². The zero-order valence-electron chi connectivity index (χ0n) is 12.3. The number of rotatable bonds is 4. The molecule has 6 nitrogen and oxygen atoms in total. The first-order chi connectivity index (χ1) is 11.6. The van der Waals surface area contributed by atoms with Crippen LogP contribution in [0.25, 0.3) is 0 Å². The minimum absolute atomic E-state index is 0.111. The van der Waals surface area contributed by atoms with Gasteiger partial charge in [-0.05, 0) is 18.2 Å². The van der Waals surface area contributed by atoms with E-state index in [0.717, 1.165) is 18.5 Å². The summed E-state index contributed by atoms with van der Waals surface area (Å²) in [5.74, 6) is -1.66. The molecule has 1 amide bonds. The molecule has 0 unspecified atom stereocenters. The molecule has 2 rings (SSSR count). The lowest BCUT2D eigenvalue weighted by Gasteiger charge is -2.11. The maximum Gasteiger partial charge on any atom is 0.406 e. The van der Waals surface area contributed by atoms with Gasteiger partial charge < -0.3 is 9.88 Å². The highest BCUT2D eigenvalue weighted by molar-refractivity contribution is 6.30. The Kier molecular flexibility index (Phi) is 5.31. The van der Waals surface area contributed by atoms with Crippen molar-refractivity contribution in [3.05, 3.63) is 62.1 Å². The molecule has 0 fully saturated rings. The Morgan fingerprint density at radius 1 is 1.12 bits per heavy atom. The third-order valence-electron chi connectivity index (χ3n) is 3.00. The van der Waals surface area contributed by atoms with E-state index in [4.69, 9.17) is 11.6 Å². The largest absolute Gasteiger partial charge is 0.406 e. The Morgan fingerprint density at radius 3 is 2.32 bits per heavy atom. The van der Waals surface area contributed by atoms with Crippen molar-refractivity contribution < 1.29 is 22.4 Å². The SMILES string of the molecule is O=C(Cn1ccn(CC(F)(F)F)c(=O)c1=O)Nc1ccc(Cl)cc1F. The summed E-state index contributed by atoms with van der Waals surface area (Å²) in [6, 6.07) is 3.48. The van der Waals surface area contributed by atoms with Gasteiger partial charge in [-0.25, -0.2) is 4.39 Å². The van der Waals surface area contributed by atoms with E-state index in [0.29, 0.717) is 4.57 Å². The highest BCUT2D eigenvalue weighted by Gasteiger charge is 2.28. The third-order valence-corrected chi connectivity index (χ3v) is 3.24. The summed E-state index contributed by atoms with van der Waals surface area (Å²) in [4.78, 5) is 35.2. The van der Waals surface area contributed by atoms with Crippen LogP contribution in [0.2, 0.25) is 5.02 Å². The normalized spacial score (nSPS) is 11.4. The zero-order valence-corrected chi connectivity index (χ0v) is 13.1. The van der Waals surface area contributed by atoms with Gasteiger partial charge in [0.2, 0.25) is 5.91 Å². The lowest BCUT2D eigenvalue weighted by atomic mass is 10.3. The molecule has 0 aliphatic carbocycles. The monoisotopic (exact) mass is 379 g/mol. The zero-order chi connectivity index (χ0) is 18.8. The van der Waals surface area contributed by atoms with E-state index in [1.807, 2.05) is 0 Å². The fourth-order valence-electron chi connectivity index (χ4n) is 1.92. The highest BCUT2D eigenvalue weighted by atomic mass is 35.5. The molecule has 11 heteroatoms. The van der Waals surface area contributed by atoms with Gasteiger partial charge in [-0.3, -0.25) is 19.0 Å². The molecule has 134 valence electrons. The van der Waals surface area contributed by atoms with Gasteiger partial charge in [0.05, 0.1) is 5.69 Å². The molecule has 1 N–H and O–H groups in total. The fraction of sp³-hybridized carbons (Fsp3) is 0.214. The van der Waals surface area contributed by atoms with Gasteiger partial charge in [0.25, 0.3) is 0 Å². The second kappa shape index (κ2) is 7.09. The Balaban J connectivity index is 2.17. The fourth-order valence-corrected chi connectivity index (χ4v) is 2.08. The number of alkyl halides is 3. The first kappa shape index (κ1) is 18.7. The number of hydrogen-bond acceptors (Lipinski definition) is 3. The quantitative estimate of drug-likeness (QED) is 0.652. The van der Waals surface area contributed by atoms with Gasteiger partial charge in [-0.15, -0.1) is 0 Å². The summed E-state index contributed by atoms with van der Waals surface area (Å²) in [6.07, 6.45) is -3.06. The van der Waals surface area contributed by atoms with Crippen molar-refractivity contribution in [2.24, 2.45) is 0 Å². The summed E-state index contributed by atoms with van der Waals surface area (Å²) >= 11 is 5.57. The number of carbonyl (C=O) groups is 1. The van der Waals surface area contributed by atoms with Crippen LogP contribution in [0.1, 0.15) is 0 Å². The topological polar surface area (TPSA) is 73.1 Å². The van der Waals surface area contributed by atoms with E-state index >= 15 is 0 Å². The molecule has 1 heterocycles. The van der Waals surface area contributed by atoms with Crippen LogP contribution in [0.15, 0.2) is 40.2 Å². The Bertz CT molecular complexity index is 921. The number of aromatic nitrogens is 2. The molecule has 0 aliphatic heterocycles. The van der Waals surface area contributed by atoms with Crippen molar-refractivity contribution >= 4 is 23.2 Å². The highest BCUT2D eigenvalue weighted by Crippen LogP contribution is 2.19. The summed E-state index contributed by atoms with van der Waals surface area (Å²) in [5.41, 5.74) is -2.93. The van der Waals surface area contributed by atoms with Crippen LogP contribution >= 0.6 is 11.6 Å². The molecule has 0 bridgehead atoms. The smallest absolute Gasteiger partial charge is 0.322 e. The first-order valence-corrected chi connectivity index (χ1v) is 7.06. The van der Waals surface area contributed by atoms with Crippen molar-refractivity contribution in [3.8, 4) is 0 Å². The molecular formula is C14H10ClF4N3O3. The van der Waals surface area contributed by atoms with Crippen molar-refractivity contribution in [2.45, 2.75) is 19.3 Å². The second-order valence-corrected chi connectivity index (χ2v) is 5.39. The van der Waals surface area contributed by atoms with E-state index < -0.39 is 42.1 Å². The number of hydrogen-bond donors (Lipinski definition) is 1. The van der Waals surface area contributed by atoms with Crippen LogP contribution < -0.4 is 16.4 Å². The molecule has 25 heavy (non-hydrogen) atoms. The lowest BCUT2D eigenvalue weighted by Crippen LogP contribution is -2.43. The van der Waals surface area contributed by atoms with Crippen molar-refractivity contribution in [1.82, 2.24) is 9.13 Å². The van der Waals surface area contributed by atoms with Gasteiger partial charge in [-0.2, -0.15) is 13.2 Å². The molecule has 2 aromatic rings. The number of halogens is 5. The maximum absolute atomic E-state index is 13.6. The molecule has 0 atom stereocenters. The number of nitrogens with zero attached hydrogens (tertiary/aromatic N) is 2. The summed E-state index contributed by atoms with van der Waals surface area (Å²) in [5, 5.41) is 2.28. The number of benzene rings is 1. The minimum Gasteiger partial charge on any atom is -0.322 e. The first-order valence-electron chi connectivity index (χ1n) is 6.68. The maximum atomic E-state index is 13.6. The molecule has 1 aromatic carbocycles. The van der Waals surface area contributed by atoms with Crippen LogP contribution in [0, 0.1) is 5.82 Å². The third kappa shape index (κ3) is 4.92. The van der Waals surface area contributed by atoms with E-state index in [1.54, 1.807) is 0 Å². The second-order valence-electron chi connectivity index (χ2n) is 4.95. The molecule has 0 spiro atoms. The average molecular weight is 380 g/mol. The number of carbonyl (C=O) groups excluding carboxylic acids is 1. The molecule has 0 saturated heterocycles. The van der Waals surface area contributed by atoms with E-state index in [2.05, 4.69) is 5.32 Å². The van der Waals surface area contributed by atoms with Crippen LogP contribution in [0.5, 0.6) is 0 Å². The van der Waals surface area contributed by atoms with Gasteiger partial charge in [0, 0.05) is 17.4 Å². The number of amides is 1. The standard InChI is InChI=1S/C14H10ClF4N3O3/c15-8-1-2-10(9(16)5-8)20-11(23)6-21-3-4-22(7-14(17,18)19)13(25)12(21)24/h1-5H,6-7H2,(H,20,23). The van der Waals surface area contributed by atoms with Crippen molar-refractivity contribution in [2.75, 3.05) is 5.32 Å². The van der Waals surface area contributed by atoms with Gasteiger partial charge >= 0.3 is 17.3 Å². The molecular weight excluding hydrogens is 370 g/mol. The molecule has 1 aromatic heterocycles. The van der Waals surface area contributed by atoms with Gasteiger partial charge in [0.1, 0.15) is 18.9 Å². The van der Waals surface area contributed by atoms with Crippen molar-refractivity contribution in [3.63, 3.8) is 0 Å². The number of nitrogens with one attached hydrogen (secondary N) is 1. The van der Waals surface area contributed by atoms with Crippen LogP contribution in [0.4, 0.5) is 23.2 Å². The van der Waals surface area contributed by atoms with E-state index in [9.17, 15) is 31.9 Å². The van der Waals surface area contributed by atoms with Crippen LogP contribution in [-0.4, -0.2) is 21.2 Å². The Hall–Kier alpha value is -2.62. The summed E-state index contributed by atoms with van der Waals surface area (Å²) in [6.45, 7) is -2.30. The van der Waals surface area contributed by atoms with E-state index in [-0.39, 0.29) is 15.3 Å². The van der Waals surface area contributed by atoms with Crippen LogP contribution in [0.3, 0.4) is 0 Å². The Morgan fingerprint density at radius 2 is 1.72 bits per heavy atom. The summed E-state index contributed by atoms with van der Waals surface area (Å²) in [7, 11) is 0. The lowest BCUT2D eigenvalue weighted by molar-refractivity contribution is -0.141. The predicted octanol–water partition coefficient (Wildman–Crippen LogP) is 2.00. The summed E-state index contributed by atoms with van der Waals surface area (Å²) < 4.78 is 51.3. The van der Waals surface area contributed by atoms with Crippen LogP contribution in [-0.2, 0) is 17.9 Å². The van der Waals surface area contributed by atoms with Crippen molar-refractivity contribution in [1.29, 1.82) is 0 Å². The minimum atomic E-state index is -4.67. The predicted molar refractivity (Wildman–Crippen MR) is 81.1 cm³/mol.